The Hall–Kier alpha value is -3.40. The normalized spacial score (nSPS) is 13.6. The lowest BCUT2D eigenvalue weighted by molar-refractivity contribution is -0.136. The summed E-state index contributed by atoms with van der Waals surface area (Å²) in [7, 11) is 1.16. The molecule has 2 rings (SSSR count). The van der Waals surface area contributed by atoms with Crippen molar-refractivity contribution in [3.63, 3.8) is 0 Å². The van der Waals surface area contributed by atoms with E-state index in [0.717, 1.165) is 7.11 Å². The Balaban J connectivity index is 2.42. The highest BCUT2D eigenvalue weighted by atomic mass is 16.5. The minimum Gasteiger partial charge on any atom is -0.478 e. The van der Waals surface area contributed by atoms with E-state index in [4.69, 9.17) is 5.11 Å². The largest absolute Gasteiger partial charge is 0.478 e. The topological polar surface area (TPSA) is 145 Å². The second-order valence-electron chi connectivity index (χ2n) is 5.67. The number of carbonyl (C=O) groups excluding carboxylic acids is 3. The van der Waals surface area contributed by atoms with Crippen LogP contribution in [0.1, 0.15) is 17.3 Å². The number of aromatic carboxylic acids is 1. The molecule has 0 aliphatic carbocycles. The minimum atomic E-state index is -1.29. The van der Waals surface area contributed by atoms with Gasteiger partial charge in [0.2, 0.25) is 5.91 Å². The van der Waals surface area contributed by atoms with Crippen molar-refractivity contribution >= 4 is 35.1 Å². The number of esters is 1. The van der Waals surface area contributed by atoms with Gasteiger partial charge in [-0.1, -0.05) is 0 Å². The SMILES string of the molecule is COC(=O)C1=C(Nc2ccc(NC(C)=O)cc2C(=O)O)C(=O)N(CCO)C1. The number of β-amino-alcohol motifs (C(OH)–C–C–N with tert-alkyl or cyclic N) is 1. The molecular formula is C17H19N3O7. The molecule has 144 valence electrons. The van der Waals surface area contributed by atoms with Gasteiger partial charge in [-0.25, -0.2) is 9.59 Å². The molecule has 0 bridgehead atoms. The number of nitrogens with zero attached hydrogens (tertiary/aromatic N) is 1. The Bertz CT molecular complexity index is 832. The number of amides is 2. The Morgan fingerprint density at radius 2 is 2.00 bits per heavy atom. The van der Waals surface area contributed by atoms with Gasteiger partial charge in [0.1, 0.15) is 5.70 Å². The lowest BCUT2D eigenvalue weighted by Crippen LogP contribution is -2.31. The van der Waals surface area contributed by atoms with Crippen molar-refractivity contribution in [3.05, 3.63) is 35.0 Å². The highest BCUT2D eigenvalue weighted by Crippen LogP contribution is 2.27. The highest BCUT2D eigenvalue weighted by Gasteiger charge is 2.35. The third-order valence-corrected chi connectivity index (χ3v) is 3.78. The summed E-state index contributed by atoms with van der Waals surface area (Å²) in [6, 6.07) is 4.06. The zero-order valence-corrected chi connectivity index (χ0v) is 14.7. The third-order valence-electron chi connectivity index (χ3n) is 3.78. The van der Waals surface area contributed by atoms with Crippen LogP contribution < -0.4 is 10.6 Å². The van der Waals surface area contributed by atoms with E-state index in [1.54, 1.807) is 0 Å². The fraction of sp³-hybridized carbons (Fsp3) is 0.294. The molecule has 1 aliphatic rings. The van der Waals surface area contributed by atoms with Crippen LogP contribution in [0, 0.1) is 0 Å². The Labute approximate surface area is 154 Å². The molecule has 2 amide bonds. The first-order valence-corrected chi connectivity index (χ1v) is 7.92. The predicted molar refractivity (Wildman–Crippen MR) is 94.0 cm³/mol. The summed E-state index contributed by atoms with van der Waals surface area (Å²) < 4.78 is 4.68. The van der Waals surface area contributed by atoms with Gasteiger partial charge in [0.25, 0.3) is 5.91 Å². The van der Waals surface area contributed by atoms with Gasteiger partial charge in [0.15, 0.2) is 0 Å². The molecule has 0 saturated carbocycles. The number of aliphatic hydroxyl groups is 1. The van der Waals surface area contributed by atoms with Gasteiger partial charge in [-0.2, -0.15) is 0 Å². The van der Waals surface area contributed by atoms with Crippen LogP contribution in [0.15, 0.2) is 29.5 Å². The van der Waals surface area contributed by atoms with Crippen LogP contribution in [-0.4, -0.2) is 65.7 Å². The summed E-state index contributed by atoms with van der Waals surface area (Å²) in [6.45, 7) is 0.935. The number of anilines is 2. The zero-order chi connectivity index (χ0) is 20.1. The lowest BCUT2D eigenvalue weighted by Gasteiger charge is -2.16. The highest BCUT2D eigenvalue weighted by molar-refractivity contribution is 6.09. The number of rotatable bonds is 7. The summed E-state index contributed by atoms with van der Waals surface area (Å²) in [6.07, 6.45) is 0. The van der Waals surface area contributed by atoms with Crippen LogP contribution in [0.3, 0.4) is 0 Å². The molecule has 0 saturated heterocycles. The number of hydrogen-bond donors (Lipinski definition) is 4. The van der Waals surface area contributed by atoms with Gasteiger partial charge < -0.3 is 30.5 Å². The second-order valence-corrected chi connectivity index (χ2v) is 5.67. The number of carboxylic acid groups (broad SMARTS) is 1. The molecule has 0 aromatic heterocycles. The molecular weight excluding hydrogens is 358 g/mol. The first-order chi connectivity index (χ1) is 12.8. The van der Waals surface area contributed by atoms with E-state index < -0.39 is 17.8 Å². The van der Waals surface area contributed by atoms with Gasteiger partial charge >= 0.3 is 11.9 Å². The quantitative estimate of drug-likeness (QED) is 0.487. The number of aliphatic hydroxyl groups excluding tert-OH is 1. The Kier molecular flexibility index (Phi) is 6.14. The summed E-state index contributed by atoms with van der Waals surface area (Å²) in [5, 5.41) is 23.7. The molecule has 1 aliphatic heterocycles. The van der Waals surface area contributed by atoms with E-state index in [1.807, 2.05) is 0 Å². The van der Waals surface area contributed by atoms with Crippen LogP contribution in [-0.2, 0) is 19.1 Å². The van der Waals surface area contributed by atoms with Crippen molar-refractivity contribution < 1.29 is 34.1 Å². The first kappa shape index (κ1) is 19.9. The molecule has 1 aromatic carbocycles. The van der Waals surface area contributed by atoms with Gasteiger partial charge in [0.05, 0.1) is 37.1 Å². The molecule has 0 fully saturated rings. The second kappa shape index (κ2) is 8.32. The van der Waals surface area contributed by atoms with Crippen molar-refractivity contribution in [1.29, 1.82) is 0 Å². The van der Waals surface area contributed by atoms with Crippen LogP contribution in [0.5, 0.6) is 0 Å². The monoisotopic (exact) mass is 377 g/mol. The van der Waals surface area contributed by atoms with E-state index in [0.29, 0.717) is 0 Å². The standard InChI is InChI=1S/C17H19N3O7/c1-9(22)18-10-3-4-13(11(7-10)16(24)25)19-14-12(17(26)27-2)8-20(5-6-21)15(14)23/h3-4,7,19,21H,5-6,8H2,1-2H3,(H,18,22)(H,24,25). The molecule has 0 unspecified atom stereocenters. The average Bonchev–Trinajstić information content (AvgIpc) is 2.91. The van der Waals surface area contributed by atoms with Crippen LogP contribution in [0.2, 0.25) is 0 Å². The number of hydrogen-bond acceptors (Lipinski definition) is 7. The molecule has 1 heterocycles. The molecule has 4 N–H and O–H groups in total. The maximum Gasteiger partial charge on any atom is 0.337 e. The van der Waals surface area contributed by atoms with Gasteiger partial charge in [-0.3, -0.25) is 9.59 Å². The Morgan fingerprint density at radius 1 is 1.30 bits per heavy atom. The van der Waals surface area contributed by atoms with Crippen molar-refractivity contribution in [2.75, 3.05) is 37.4 Å². The molecule has 10 nitrogen and oxygen atoms in total. The summed E-state index contributed by atoms with van der Waals surface area (Å²) in [4.78, 5) is 48.4. The molecule has 0 atom stereocenters. The predicted octanol–water partition coefficient (Wildman–Crippen LogP) is 0.0167. The number of carboxylic acids is 1. The zero-order valence-electron chi connectivity index (χ0n) is 14.7. The lowest BCUT2D eigenvalue weighted by atomic mass is 10.1. The van der Waals surface area contributed by atoms with E-state index in [2.05, 4.69) is 15.4 Å². The maximum absolute atomic E-state index is 12.5. The van der Waals surface area contributed by atoms with E-state index >= 15 is 0 Å². The summed E-state index contributed by atoms with van der Waals surface area (Å²) >= 11 is 0. The van der Waals surface area contributed by atoms with Gasteiger partial charge in [-0.15, -0.1) is 0 Å². The number of ether oxygens (including phenoxy) is 1. The van der Waals surface area contributed by atoms with Crippen molar-refractivity contribution in [3.8, 4) is 0 Å². The summed E-state index contributed by atoms with van der Waals surface area (Å²) in [5.41, 5.74) is 0.0363. The minimum absolute atomic E-state index is 0.0117. The summed E-state index contributed by atoms with van der Waals surface area (Å²) in [5.74, 6) is -2.96. The van der Waals surface area contributed by atoms with Gasteiger partial charge in [-0.05, 0) is 18.2 Å². The number of methoxy groups -OCH3 is 1. The molecule has 1 aromatic rings. The van der Waals surface area contributed by atoms with Crippen molar-refractivity contribution in [2.45, 2.75) is 6.92 Å². The molecule has 27 heavy (non-hydrogen) atoms. The molecule has 10 heteroatoms. The van der Waals surface area contributed by atoms with Crippen LogP contribution in [0.25, 0.3) is 0 Å². The van der Waals surface area contributed by atoms with Crippen LogP contribution >= 0.6 is 0 Å². The van der Waals surface area contributed by atoms with Crippen molar-refractivity contribution in [1.82, 2.24) is 4.90 Å². The van der Waals surface area contributed by atoms with Gasteiger partial charge in [0, 0.05) is 19.2 Å². The molecule has 0 spiro atoms. The number of nitrogens with one attached hydrogen (secondary N) is 2. The number of carbonyl (C=O) groups is 4. The average molecular weight is 377 g/mol. The van der Waals surface area contributed by atoms with E-state index in [1.165, 1.54) is 30.0 Å². The van der Waals surface area contributed by atoms with Crippen LogP contribution in [0.4, 0.5) is 11.4 Å². The number of benzene rings is 1. The Morgan fingerprint density at radius 3 is 2.56 bits per heavy atom. The van der Waals surface area contributed by atoms with E-state index in [-0.39, 0.29) is 53.8 Å². The third kappa shape index (κ3) is 4.42. The fourth-order valence-corrected chi connectivity index (χ4v) is 2.59. The smallest absolute Gasteiger partial charge is 0.337 e. The fourth-order valence-electron chi connectivity index (χ4n) is 2.59. The maximum atomic E-state index is 12.5. The van der Waals surface area contributed by atoms with Crippen molar-refractivity contribution in [2.24, 2.45) is 0 Å². The molecule has 0 radical (unpaired) electrons. The first-order valence-electron chi connectivity index (χ1n) is 7.92. The van der Waals surface area contributed by atoms with E-state index in [9.17, 15) is 24.3 Å².